The highest BCUT2D eigenvalue weighted by Gasteiger charge is 2.08. The number of rotatable bonds is 4. The highest BCUT2D eigenvalue weighted by atomic mass is 79.9. The number of nitrogens with zero attached hydrogens (tertiary/aromatic N) is 1. The average molecular weight is 318 g/mol. The lowest BCUT2D eigenvalue weighted by atomic mass is 10.2. The Morgan fingerprint density at radius 2 is 1.84 bits per heavy atom. The summed E-state index contributed by atoms with van der Waals surface area (Å²) in [5.41, 5.74) is 0.581. The first-order chi connectivity index (χ1) is 9.24. The van der Waals surface area contributed by atoms with Crippen LogP contribution < -0.4 is 9.47 Å². The zero-order valence-electron chi connectivity index (χ0n) is 10.4. The number of ether oxygens (including phenoxy) is 2. The zero-order chi connectivity index (χ0) is 13.7. The molecule has 2 rings (SSSR count). The quantitative estimate of drug-likeness (QED) is 0.833. The highest BCUT2D eigenvalue weighted by Crippen LogP contribution is 2.35. The molecule has 0 aliphatic heterocycles. The summed E-state index contributed by atoms with van der Waals surface area (Å²) in [6.07, 6.45) is 0. The molecule has 4 heteroatoms. The van der Waals surface area contributed by atoms with Gasteiger partial charge in [0.25, 0.3) is 0 Å². The Kier molecular flexibility index (Phi) is 4.43. The van der Waals surface area contributed by atoms with Gasteiger partial charge in [-0.25, -0.2) is 0 Å². The van der Waals surface area contributed by atoms with Crippen LogP contribution in [0.25, 0.3) is 0 Å². The van der Waals surface area contributed by atoms with Gasteiger partial charge in [0.05, 0.1) is 22.7 Å². The third-order valence-electron chi connectivity index (χ3n) is 2.43. The molecule has 3 nitrogen and oxygen atoms in total. The largest absolute Gasteiger partial charge is 0.490 e. The molecule has 2 aromatic rings. The standard InChI is InChI=1S/C15H12BrNO2/c1-2-18-14-5-3-4-6-15(14)19-13-8-7-11(10-17)9-12(13)16/h3-9H,2H2,1H3. The van der Waals surface area contributed by atoms with E-state index in [0.717, 1.165) is 4.47 Å². The highest BCUT2D eigenvalue weighted by molar-refractivity contribution is 9.10. The molecule has 0 N–H and O–H groups in total. The lowest BCUT2D eigenvalue weighted by molar-refractivity contribution is 0.321. The fraction of sp³-hybridized carbons (Fsp3) is 0.133. The van der Waals surface area contributed by atoms with Gasteiger partial charge >= 0.3 is 0 Å². The number of para-hydroxylation sites is 2. The predicted molar refractivity (Wildman–Crippen MR) is 76.5 cm³/mol. The van der Waals surface area contributed by atoms with Crippen LogP contribution in [0.1, 0.15) is 12.5 Å². The molecule has 0 unspecified atom stereocenters. The maximum Gasteiger partial charge on any atom is 0.169 e. The second kappa shape index (κ2) is 6.26. The van der Waals surface area contributed by atoms with Crippen LogP contribution in [0.2, 0.25) is 0 Å². The van der Waals surface area contributed by atoms with Crippen molar-refractivity contribution in [2.24, 2.45) is 0 Å². The van der Waals surface area contributed by atoms with Gasteiger partial charge in [0.1, 0.15) is 5.75 Å². The van der Waals surface area contributed by atoms with E-state index in [1.54, 1.807) is 18.2 Å². The Morgan fingerprint density at radius 1 is 1.11 bits per heavy atom. The minimum absolute atomic E-state index is 0.578. The van der Waals surface area contributed by atoms with Crippen molar-refractivity contribution < 1.29 is 9.47 Å². The van der Waals surface area contributed by atoms with Gasteiger partial charge in [0.2, 0.25) is 0 Å². The van der Waals surface area contributed by atoms with Gasteiger partial charge in [-0.1, -0.05) is 12.1 Å². The van der Waals surface area contributed by atoms with Crippen molar-refractivity contribution in [2.45, 2.75) is 6.92 Å². The Hall–Kier alpha value is -1.99. The van der Waals surface area contributed by atoms with Gasteiger partial charge in [-0.3, -0.25) is 0 Å². The number of hydrogen-bond donors (Lipinski definition) is 0. The van der Waals surface area contributed by atoms with Crippen molar-refractivity contribution in [3.63, 3.8) is 0 Å². The molecule has 0 amide bonds. The summed E-state index contributed by atoms with van der Waals surface area (Å²) < 4.78 is 12.0. The molecule has 0 saturated heterocycles. The van der Waals surface area contributed by atoms with Crippen LogP contribution in [0, 0.1) is 11.3 Å². The molecule has 0 atom stereocenters. The summed E-state index contributed by atoms with van der Waals surface area (Å²) in [6, 6.07) is 14.7. The molecular weight excluding hydrogens is 306 g/mol. The third-order valence-corrected chi connectivity index (χ3v) is 3.05. The van der Waals surface area contributed by atoms with Crippen molar-refractivity contribution in [2.75, 3.05) is 6.61 Å². The summed E-state index contributed by atoms with van der Waals surface area (Å²) in [5, 5.41) is 8.83. The average Bonchev–Trinajstić information content (AvgIpc) is 2.43. The van der Waals surface area contributed by atoms with Crippen LogP contribution in [-0.4, -0.2) is 6.61 Å². The lowest BCUT2D eigenvalue weighted by Gasteiger charge is -2.12. The lowest BCUT2D eigenvalue weighted by Crippen LogP contribution is -1.95. The summed E-state index contributed by atoms with van der Waals surface area (Å²) in [7, 11) is 0. The van der Waals surface area contributed by atoms with Crippen molar-refractivity contribution in [1.82, 2.24) is 0 Å². The third kappa shape index (κ3) is 3.27. The van der Waals surface area contributed by atoms with Crippen molar-refractivity contribution in [3.05, 3.63) is 52.5 Å². The predicted octanol–water partition coefficient (Wildman–Crippen LogP) is 4.51. The van der Waals surface area contributed by atoms with E-state index in [0.29, 0.717) is 29.4 Å². The topological polar surface area (TPSA) is 42.2 Å². The molecule has 0 heterocycles. The van der Waals surface area contributed by atoms with Gasteiger partial charge in [-0.05, 0) is 53.2 Å². The van der Waals surface area contributed by atoms with Crippen LogP contribution in [0.4, 0.5) is 0 Å². The molecule has 0 bridgehead atoms. The normalized spacial score (nSPS) is 9.74. The second-order valence-corrected chi connectivity index (χ2v) is 4.59. The van der Waals surface area contributed by atoms with Crippen LogP contribution >= 0.6 is 15.9 Å². The first-order valence-electron chi connectivity index (χ1n) is 5.84. The summed E-state index contributed by atoms with van der Waals surface area (Å²) in [6.45, 7) is 2.50. The first-order valence-corrected chi connectivity index (χ1v) is 6.63. The van der Waals surface area contributed by atoms with E-state index in [2.05, 4.69) is 22.0 Å². The monoisotopic (exact) mass is 317 g/mol. The minimum Gasteiger partial charge on any atom is -0.490 e. The van der Waals surface area contributed by atoms with Gasteiger partial charge in [0.15, 0.2) is 11.5 Å². The van der Waals surface area contributed by atoms with E-state index in [1.165, 1.54) is 0 Å². The van der Waals surface area contributed by atoms with E-state index in [1.807, 2.05) is 31.2 Å². The minimum atomic E-state index is 0.578. The van der Waals surface area contributed by atoms with Gasteiger partial charge in [-0.2, -0.15) is 5.26 Å². The Balaban J connectivity index is 2.29. The fourth-order valence-electron chi connectivity index (χ4n) is 1.58. The molecule has 0 radical (unpaired) electrons. The van der Waals surface area contributed by atoms with Gasteiger partial charge in [0, 0.05) is 0 Å². The number of benzene rings is 2. The van der Waals surface area contributed by atoms with Crippen molar-refractivity contribution >= 4 is 15.9 Å². The van der Waals surface area contributed by atoms with E-state index in [-0.39, 0.29) is 0 Å². The zero-order valence-corrected chi connectivity index (χ0v) is 12.0. The van der Waals surface area contributed by atoms with Crippen LogP contribution in [0.3, 0.4) is 0 Å². The summed E-state index contributed by atoms with van der Waals surface area (Å²) in [4.78, 5) is 0. The fourth-order valence-corrected chi connectivity index (χ4v) is 2.04. The van der Waals surface area contributed by atoms with E-state index < -0.39 is 0 Å². The van der Waals surface area contributed by atoms with E-state index in [9.17, 15) is 0 Å². The first kappa shape index (κ1) is 13.4. The molecule has 0 aliphatic carbocycles. The Morgan fingerprint density at radius 3 is 2.47 bits per heavy atom. The van der Waals surface area contributed by atoms with Gasteiger partial charge in [-0.15, -0.1) is 0 Å². The maximum atomic E-state index is 8.83. The van der Waals surface area contributed by atoms with E-state index >= 15 is 0 Å². The molecule has 0 saturated carbocycles. The summed E-state index contributed by atoms with van der Waals surface area (Å²) in [5.74, 6) is 1.99. The maximum absolute atomic E-state index is 8.83. The Bertz CT molecular complexity index is 620. The number of halogens is 1. The molecule has 96 valence electrons. The van der Waals surface area contributed by atoms with Crippen molar-refractivity contribution in [3.8, 4) is 23.3 Å². The van der Waals surface area contributed by atoms with E-state index in [4.69, 9.17) is 14.7 Å². The molecule has 2 aromatic carbocycles. The van der Waals surface area contributed by atoms with Crippen LogP contribution in [0.5, 0.6) is 17.2 Å². The Labute approximate surface area is 120 Å². The summed E-state index contributed by atoms with van der Waals surface area (Å²) >= 11 is 3.39. The molecule has 0 fully saturated rings. The SMILES string of the molecule is CCOc1ccccc1Oc1ccc(C#N)cc1Br. The van der Waals surface area contributed by atoms with Crippen molar-refractivity contribution in [1.29, 1.82) is 5.26 Å². The molecule has 0 aliphatic rings. The molecule has 19 heavy (non-hydrogen) atoms. The van der Waals surface area contributed by atoms with Crippen LogP contribution in [0.15, 0.2) is 46.9 Å². The van der Waals surface area contributed by atoms with Gasteiger partial charge < -0.3 is 9.47 Å². The molecule has 0 spiro atoms. The molecule has 0 aromatic heterocycles. The molecular formula is C15H12BrNO2. The number of hydrogen-bond acceptors (Lipinski definition) is 3. The van der Waals surface area contributed by atoms with Crippen LogP contribution in [-0.2, 0) is 0 Å². The second-order valence-electron chi connectivity index (χ2n) is 3.74. The number of nitriles is 1. The smallest absolute Gasteiger partial charge is 0.169 e.